The van der Waals surface area contributed by atoms with Gasteiger partial charge >= 0.3 is 6.03 Å². The Bertz CT molecular complexity index is 1510. The third-order valence-corrected chi connectivity index (χ3v) is 9.98. The zero-order valence-corrected chi connectivity index (χ0v) is 26.5. The van der Waals surface area contributed by atoms with Crippen LogP contribution >= 0.6 is 0 Å². The van der Waals surface area contributed by atoms with Gasteiger partial charge in [0.25, 0.3) is 0 Å². The summed E-state index contributed by atoms with van der Waals surface area (Å²) >= 11 is 0. The molecule has 2 bridgehead atoms. The number of ether oxygens (including phenoxy) is 2. The number of carbonyl (C=O) groups is 1. The molecule has 46 heavy (non-hydrogen) atoms. The number of piperazine rings is 1. The second-order valence-corrected chi connectivity index (χ2v) is 13.2. The SMILES string of the molecule is C[C@@H]1COCCN1c1nc(-c2ccc(NC(=O)Nc3ccc(N4CCN(C5CC5)CC4)cc3)cc2)nc(N2C3CCC2COC3)n1. The van der Waals surface area contributed by atoms with E-state index in [9.17, 15) is 4.79 Å². The number of fused-ring (bicyclic) bond motifs is 2. The highest BCUT2D eigenvalue weighted by atomic mass is 16.5. The molecule has 5 heterocycles. The van der Waals surface area contributed by atoms with Crippen LogP contribution in [-0.2, 0) is 9.47 Å². The third-order valence-electron chi connectivity index (χ3n) is 9.98. The van der Waals surface area contributed by atoms with Crippen LogP contribution in [0.15, 0.2) is 48.5 Å². The zero-order chi connectivity index (χ0) is 31.0. The fourth-order valence-corrected chi connectivity index (χ4v) is 7.24. The van der Waals surface area contributed by atoms with E-state index in [1.807, 2.05) is 36.4 Å². The molecule has 2 aromatic carbocycles. The van der Waals surface area contributed by atoms with Crippen molar-refractivity contribution in [3.8, 4) is 11.4 Å². The molecule has 2 N–H and O–H groups in total. The molecule has 3 aromatic rings. The van der Waals surface area contributed by atoms with Crippen molar-refractivity contribution in [3.05, 3.63) is 48.5 Å². The summed E-state index contributed by atoms with van der Waals surface area (Å²) in [6.07, 6.45) is 4.88. The average molecular weight is 626 g/mol. The van der Waals surface area contributed by atoms with Crippen LogP contribution < -0.4 is 25.3 Å². The first-order valence-corrected chi connectivity index (χ1v) is 16.8. The number of urea groups is 1. The van der Waals surface area contributed by atoms with E-state index in [1.54, 1.807) is 0 Å². The Hall–Kier alpha value is -4.00. The summed E-state index contributed by atoms with van der Waals surface area (Å²) in [6, 6.07) is 17.1. The Morgan fingerprint density at radius 1 is 0.717 bits per heavy atom. The molecule has 2 unspecified atom stereocenters. The molecule has 0 radical (unpaired) electrons. The fourth-order valence-electron chi connectivity index (χ4n) is 7.24. The molecule has 1 saturated carbocycles. The fraction of sp³-hybridized carbons (Fsp3) is 0.529. The summed E-state index contributed by atoms with van der Waals surface area (Å²) in [7, 11) is 0. The smallest absolute Gasteiger partial charge is 0.323 e. The maximum Gasteiger partial charge on any atom is 0.323 e. The molecule has 1 aliphatic carbocycles. The van der Waals surface area contributed by atoms with Gasteiger partial charge in [-0.1, -0.05) is 0 Å². The third kappa shape index (κ3) is 6.21. The van der Waals surface area contributed by atoms with Gasteiger partial charge in [-0.2, -0.15) is 15.0 Å². The van der Waals surface area contributed by atoms with Crippen molar-refractivity contribution in [2.45, 2.75) is 56.8 Å². The summed E-state index contributed by atoms with van der Waals surface area (Å²) in [5, 5.41) is 5.92. The maximum absolute atomic E-state index is 12.9. The van der Waals surface area contributed by atoms with Crippen molar-refractivity contribution < 1.29 is 14.3 Å². The number of nitrogens with zero attached hydrogens (tertiary/aromatic N) is 7. The van der Waals surface area contributed by atoms with Crippen molar-refractivity contribution in [2.75, 3.05) is 84.5 Å². The molecule has 2 amide bonds. The van der Waals surface area contributed by atoms with Gasteiger partial charge in [-0.05, 0) is 81.1 Å². The topological polar surface area (TPSA) is 111 Å². The molecule has 3 atom stereocenters. The monoisotopic (exact) mass is 625 g/mol. The van der Waals surface area contributed by atoms with Crippen LogP contribution in [-0.4, -0.2) is 109 Å². The summed E-state index contributed by atoms with van der Waals surface area (Å²) in [6.45, 7) is 9.91. The van der Waals surface area contributed by atoms with Gasteiger partial charge in [-0.25, -0.2) is 4.79 Å². The van der Waals surface area contributed by atoms with Crippen LogP contribution in [0.1, 0.15) is 32.6 Å². The predicted molar refractivity (Wildman–Crippen MR) is 179 cm³/mol. The number of amides is 2. The zero-order valence-electron chi connectivity index (χ0n) is 26.5. The molecule has 4 saturated heterocycles. The second kappa shape index (κ2) is 12.7. The van der Waals surface area contributed by atoms with Crippen molar-refractivity contribution in [1.82, 2.24) is 19.9 Å². The lowest BCUT2D eigenvalue weighted by atomic mass is 10.2. The summed E-state index contributed by atoms with van der Waals surface area (Å²) in [5.41, 5.74) is 3.51. The highest BCUT2D eigenvalue weighted by molar-refractivity contribution is 6.00. The van der Waals surface area contributed by atoms with Gasteiger partial charge in [0.05, 0.1) is 44.6 Å². The Labute approximate surface area is 270 Å². The number of anilines is 5. The molecule has 0 spiro atoms. The molecule has 5 fully saturated rings. The van der Waals surface area contributed by atoms with Crippen molar-refractivity contribution in [2.24, 2.45) is 0 Å². The molecule has 242 valence electrons. The molecule has 12 nitrogen and oxygen atoms in total. The number of benzene rings is 2. The van der Waals surface area contributed by atoms with E-state index in [1.165, 1.54) is 18.5 Å². The lowest BCUT2D eigenvalue weighted by Crippen LogP contribution is -2.48. The molecule has 4 aliphatic heterocycles. The van der Waals surface area contributed by atoms with E-state index in [0.29, 0.717) is 49.8 Å². The first kappa shape index (κ1) is 29.4. The predicted octanol–water partition coefficient (Wildman–Crippen LogP) is 4.06. The minimum Gasteiger partial charge on any atom is -0.377 e. The first-order valence-electron chi connectivity index (χ1n) is 16.8. The lowest BCUT2D eigenvalue weighted by molar-refractivity contribution is 0.0895. The number of aromatic nitrogens is 3. The van der Waals surface area contributed by atoms with Crippen molar-refractivity contribution >= 4 is 35.0 Å². The molecule has 5 aliphatic rings. The maximum atomic E-state index is 12.9. The Balaban J connectivity index is 0.938. The quantitative estimate of drug-likeness (QED) is 0.399. The van der Waals surface area contributed by atoms with Crippen LogP contribution in [0.2, 0.25) is 0 Å². The van der Waals surface area contributed by atoms with Crippen molar-refractivity contribution in [3.63, 3.8) is 0 Å². The Kier molecular flexibility index (Phi) is 8.09. The van der Waals surface area contributed by atoms with Crippen LogP contribution in [0.4, 0.5) is 33.8 Å². The van der Waals surface area contributed by atoms with E-state index in [-0.39, 0.29) is 24.2 Å². The molecular weight excluding hydrogens is 582 g/mol. The molecule has 12 heteroatoms. The summed E-state index contributed by atoms with van der Waals surface area (Å²) in [4.78, 5) is 37.3. The normalized spacial score (nSPS) is 25.1. The number of rotatable bonds is 7. The number of carbonyl (C=O) groups excluding carboxylic acids is 1. The van der Waals surface area contributed by atoms with E-state index >= 15 is 0 Å². The first-order chi connectivity index (χ1) is 22.6. The van der Waals surface area contributed by atoms with Gasteiger partial charge < -0.3 is 34.8 Å². The van der Waals surface area contributed by atoms with Gasteiger partial charge in [-0.15, -0.1) is 0 Å². The second-order valence-electron chi connectivity index (χ2n) is 13.2. The molecular formula is C34H43N9O3. The van der Waals surface area contributed by atoms with Gasteiger partial charge in [0.1, 0.15) is 0 Å². The number of nitrogens with one attached hydrogen (secondary N) is 2. The Morgan fingerprint density at radius 2 is 1.35 bits per heavy atom. The molecule has 1 aromatic heterocycles. The van der Waals surface area contributed by atoms with E-state index < -0.39 is 0 Å². The standard InChI is InChI=1S/C34H43N9O3/c1-23-20-45-19-18-42(23)32-37-31(38-33(39-32)43-29-12-13-30(43)22-46-21-29)24-2-4-25(5-3-24)35-34(44)36-26-6-8-27(9-7-26)40-14-16-41(17-15-40)28-10-11-28/h2-9,23,28-30H,10-22H2,1H3,(H2,35,36,44)/t23-,29?,30?/m1/s1. The number of morpholine rings is 2. The van der Waals surface area contributed by atoms with E-state index in [2.05, 4.69) is 49.3 Å². The van der Waals surface area contributed by atoms with Gasteiger partial charge in [0.2, 0.25) is 11.9 Å². The highest BCUT2D eigenvalue weighted by Crippen LogP contribution is 2.34. The minimum absolute atomic E-state index is 0.169. The van der Waals surface area contributed by atoms with E-state index in [0.717, 1.165) is 62.9 Å². The van der Waals surface area contributed by atoms with Crippen LogP contribution in [0.25, 0.3) is 11.4 Å². The van der Waals surface area contributed by atoms with E-state index in [4.69, 9.17) is 24.4 Å². The van der Waals surface area contributed by atoms with Crippen LogP contribution in [0.5, 0.6) is 0 Å². The molecule has 8 rings (SSSR count). The average Bonchev–Trinajstić information content (AvgIpc) is 3.90. The van der Waals surface area contributed by atoms with Crippen LogP contribution in [0.3, 0.4) is 0 Å². The van der Waals surface area contributed by atoms with Gasteiger partial charge in [0, 0.05) is 61.4 Å². The highest BCUT2D eigenvalue weighted by Gasteiger charge is 2.40. The van der Waals surface area contributed by atoms with Gasteiger partial charge in [-0.3, -0.25) is 4.90 Å². The van der Waals surface area contributed by atoms with Gasteiger partial charge in [0.15, 0.2) is 5.82 Å². The lowest BCUT2D eigenvalue weighted by Gasteiger charge is -2.36. The summed E-state index contributed by atoms with van der Waals surface area (Å²) in [5.74, 6) is 2.01. The van der Waals surface area contributed by atoms with Crippen molar-refractivity contribution in [1.29, 1.82) is 0 Å². The number of hydrogen-bond acceptors (Lipinski definition) is 10. The largest absolute Gasteiger partial charge is 0.377 e. The Morgan fingerprint density at radius 3 is 2.00 bits per heavy atom. The number of hydrogen-bond donors (Lipinski definition) is 2. The minimum atomic E-state index is -0.285. The van der Waals surface area contributed by atoms with Crippen LogP contribution in [0, 0.1) is 0 Å². The summed E-state index contributed by atoms with van der Waals surface area (Å²) < 4.78 is 11.5.